The van der Waals surface area contributed by atoms with Crippen molar-refractivity contribution >= 4 is 34.2 Å². The van der Waals surface area contributed by atoms with Crippen LogP contribution < -0.4 is 0 Å². The minimum absolute atomic E-state index is 0.0493. The van der Waals surface area contributed by atoms with Gasteiger partial charge in [0.2, 0.25) is 5.91 Å². The molecule has 29 heavy (non-hydrogen) atoms. The van der Waals surface area contributed by atoms with Gasteiger partial charge in [0.15, 0.2) is 5.65 Å². The summed E-state index contributed by atoms with van der Waals surface area (Å²) in [6.07, 6.45) is 3.32. The lowest BCUT2D eigenvalue weighted by molar-refractivity contribution is -0.151. The topological polar surface area (TPSA) is 77.3 Å². The molecule has 0 bridgehead atoms. The summed E-state index contributed by atoms with van der Waals surface area (Å²) < 4.78 is 6.81. The van der Waals surface area contributed by atoms with Gasteiger partial charge < -0.3 is 9.64 Å². The molecule has 152 valence electrons. The Morgan fingerprint density at radius 3 is 2.97 bits per heavy atom. The number of pyridine rings is 1. The van der Waals surface area contributed by atoms with Crippen molar-refractivity contribution in [2.24, 2.45) is 5.92 Å². The first-order valence-corrected chi connectivity index (χ1v) is 10.8. The minimum Gasteiger partial charge on any atom is -0.466 e. The number of amides is 1. The molecule has 0 aliphatic carbocycles. The Hall–Kier alpha value is -2.74. The first-order chi connectivity index (χ1) is 14.1. The Labute approximate surface area is 173 Å². The first-order valence-electron chi connectivity index (χ1n) is 9.89. The van der Waals surface area contributed by atoms with Gasteiger partial charge in [0.1, 0.15) is 6.54 Å². The number of aromatic nitrogens is 3. The highest BCUT2D eigenvalue weighted by molar-refractivity contribution is 7.13. The summed E-state index contributed by atoms with van der Waals surface area (Å²) in [6, 6.07) is 6.08. The van der Waals surface area contributed by atoms with Crippen LogP contribution >= 0.6 is 11.3 Å². The third-order valence-electron chi connectivity index (χ3n) is 5.27. The van der Waals surface area contributed by atoms with Gasteiger partial charge in [-0.1, -0.05) is 6.07 Å². The number of nitrogens with zero attached hydrogens (tertiary/aromatic N) is 4. The summed E-state index contributed by atoms with van der Waals surface area (Å²) in [7, 11) is 0. The molecular formula is C21H24N4O3S. The monoisotopic (exact) mass is 412 g/mol. The Kier molecular flexibility index (Phi) is 5.62. The van der Waals surface area contributed by atoms with Crippen LogP contribution in [-0.2, 0) is 20.9 Å². The summed E-state index contributed by atoms with van der Waals surface area (Å²) >= 11 is 1.67. The van der Waals surface area contributed by atoms with Crippen LogP contribution in [0.2, 0.25) is 0 Å². The number of piperidine rings is 1. The average Bonchev–Trinajstić information content (AvgIpc) is 3.37. The maximum atomic E-state index is 12.9. The van der Waals surface area contributed by atoms with Crippen molar-refractivity contribution in [2.45, 2.75) is 33.2 Å². The highest BCUT2D eigenvalue weighted by Crippen LogP contribution is 2.32. The second-order valence-electron chi connectivity index (χ2n) is 7.21. The molecule has 1 aliphatic heterocycles. The predicted molar refractivity (Wildman–Crippen MR) is 112 cm³/mol. The summed E-state index contributed by atoms with van der Waals surface area (Å²) in [5, 5.41) is 7.62. The van der Waals surface area contributed by atoms with E-state index in [1.165, 1.54) is 0 Å². The van der Waals surface area contributed by atoms with Crippen LogP contribution in [0.15, 0.2) is 29.8 Å². The number of ether oxygens (including phenoxy) is 1. The lowest BCUT2D eigenvalue weighted by Gasteiger charge is -2.31. The molecule has 1 fully saturated rings. The van der Waals surface area contributed by atoms with E-state index in [2.05, 4.69) is 16.1 Å². The molecule has 0 spiro atoms. The number of hydrogen-bond donors (Lipinski definition) is 0. The Bertz CT molecular complexity index is 1030. The van der Waals surface area contributed by atoms with Crippen LogP contribution in [0.4, 0.5) is 0 Å². The minimum atomic E-state index is -0.243. The summed E-state index contributed by atoms with van der Waals surface area (Å²) in [5.41, 5.74) is 2.65. The SMILES string of the molecule is CCOC(=O)C1CCCN(C(=O)Cn2nc(C)c3c(-c4cccs4)ccnc32)C1. The third-order valence-corrected chi connectivity index (χ3v) is 6.18. The molecule has 8 heteroatoms. The standard InChI is InChI=1S/C21H24N4O3S/c1-3-28-21(27)15-6-4-10-24(12-15)18(26)13-25-20-19(14(2)23-25)16(8-9-22-20)17-7-5-11-29-17/h5,7-9,11,15H,3-4,6,10,12-13H2,1-2H3. The number of fused-ring (bicyclic) bond motifs is 1. The van der Waals surface area contributed by atoms with E-state index < -0.39 is 0 Å². The number of rotatable bonds is 5. The second-order valence-corrected chi connectivity index (χ2v) is 8.16. The molecule has 4 rings (SSSR count). The third kappa shape index (κ3) is 3.89. The van der Waals surface area contributed by atoms with E-state index in [9.17, 15) is 9.59 Å². The zero-order valence-electron chi connectivity index (χ0n) is 16.6. The van der Waals surface area contributed by atoms with E-state index in [0.29, 0.717) is 25.3 Å². The number of likely N-dealkylation sites (tertiary alicyclic amines) is 1. The van der Waals surface area contributed by atoms with Gasteiger partial charge in [0.05, 0.1) is 23.6 Å². The van der Waals surface area contributed by atoms with Crippen molar-refractivity contribution in [1.82, 2.24) is 19.7 Å². The smallest absolute Gasteiger partial charge is 0.310 e. The molecule has 1 amide bonds. The molecule has 1 atom stereocenters. The molecule has 0 radical (unpaired) electrons. The van der Waals surface area contributed by atoms with Gasteiger partial charge in [-0.25, -0.2) is 9.67 Å². The zero-order valence-corrected chi connectivity index (χ0v) is 17.4. The molecule has 0 saturated carbocycles. The van der Waals surface area contributed by atoms with Gasteiger partial charge in [-0.05, 0) is 44.2 Å². The lowest BCUT2D eigenvalue weighted by atomic mass is 9.98. The Morgan fingerprint density at radius 2 is 2.21 bits per heavy atom. The highest BCUT2D eigenvalue weighted by Gasteiger charge is 2.30. The van der Waals surface area contributed by atoms with Crippen LogP contribution in [0.5, 0.6) is 0 Å². The van der Waals surface area contributed by atoms with Gasteiger partial charge in [-0.3, -0.25) is 9.59 Å². The second kappa shape index (κ2) is 8.32. The molecular weight excluding hydrogens is 388 g/mol. The fourth-order valence-corrected chi connectivity index (χ4v) is 4.67. The van der Waals surface area contributed by atoms with E-state index in [0.717, 1.165) is 34.4 Å². The van der Waals surface area contributed by atoms with Crippen LogP contribution in [-0.4, -0.2) is 51.2 Å². The lowest BCUT2D eigenvalue weighted by Crippen LogP contribution is -2.44. The van der Waals surface area contributed by atoms with E-state index in [1.54, 1.807) is 34.0 Å². The fraction of sp³-hybridized carbons (Fsp3) is 0.429. The predicted octanol–water partition coefficient (Wildman–Crippen LogP) is 3.27. The summed E-state index contributed by atoms with van der Waals surface area (Å²) in [4.78, 5) is 32.4. The van der Waals surface area contributed by atoms with Crippen molar-refractivity contribution in [2.75, 3.05) is 19.7 Å². The maximum absolute atomic E-state index is 12.9. The van der Waals surface area contributed by atoms with E-state index in [-0.39, 0.29) is 24.3 Å². The fourth-order valence-electron chi connectivity index (χ4n) is 3.91. The molecule has 0 aromatic carbocycles. The number of aryl methyl sites for hydroxylation is 1. The van der Waals surface area contributed by atoms with Crippen LogP contribution in [0.1, 0.15) is 25.5 Å². The van der Waals surface area contributed by atoms with E-state index in [4.69, 9.17) is 4.74 Å². The number of thiophene rings is 1. The molecule has 1 unspecified atom stereocenters. The highest BCUT2D eigenvalue weighted by atomic mass is 32.1. The van der Waals surface area contributed by atoms with Crippen molar-refractivity contribution in [3.8, 4) is 10.4 Å². The number of hydrogen-bond acceptors (Lipinski definition) is 6. The summed E-state index contributed by atoms with van der Waals surface area (Å²) in [6.45, 7) is 5.28. The number of carbonyl (C=O) groups is 2. The van der Waals surface area contributed by atoms with E-state index >= 15 is 0 Å². The normalized spacial score (nSPS) is 16.9. The van der Waals surface area contributed by atoms with Gasteiger partial charge in [-0.15, -0.1) is 11.3 Å². The largest absolute Gasteiger partial charge is 0.466 e. The zero-order chi connectivity index (χ0) is 20.4. The van der Waals surface area contributed by atoms with Gasteiger partial charge >= 0.3 is 5.97 Å². The van der Waals surface area contributed by atoms with Gasteiger partial charge in [0.25, 0.3) is 0 Å². The number of carbonyl (C=O) groups excluding carboxylic acids is 2. The Morgan fingerprint density at radius 1 is 1.34 bits per heavy atom. The number of esters is 1. The van der Waals surface area contributed by atoms with Crippen molar-refractivity contribution in [3.63, 3.8) is 0 Å². The molecule has 4 heterocycles. The molecule has 0 N–H and O–H groups in total. The molecule has 3 aromatic rings. The average molecular weight is 413 g/mol. The Balaban J connectivity index is 1.56. The van der Waals surface area contributed by atoms with Gasteiger partial charge in [0, 0.05) is 29.7 Å². The molecule has 3 aromatic heterocycles. The van der Waals surface area contributed by atoms with Gasteiger partial charge in [-0.2, -0.15) is 5.10 Å². The summed E-state index contributed by atoms with van der Waals surface area (Å²) in [5.74, 6) is -0.508. The molecule has 1 saturated heterocycles. The van der Waals surface area contributed by atoms with Crippen LogP contribution in [0.3, 0.4) is 0 Å². The van der Waals surface area contributed by atoms with Crippen molar-refractivity contribution in [3.05, 3.63) is 35.5 Å². The van der Waals surface area contributed by atoms with Crippen LogP contribution in [0, 0.1) is 12.8 Å². The van der Waals surface area contributed by atoms with Crippen molar-refractivity contribution < 1.29 is 14.3 Å². The van der Waals surface area contributed by atoms with Crippen molar-refractivity contribution in [1.29, 1.82) is 0 Å². The van der Waals surface area contributed by atoms with E-state index in [1.807, 2.05) is 24.4 Å². The van der Waals surface area contributed by atoms with Crippen LogP contribution in [0.25, 0.3) is 21.5 Å². The first kappa shape index (κ1) is 19.6. The molecule has 7 nitrogen and oxygen atoms in total. The maximum Gasteiger partial charge on any atom is 0.310 e. The quantitative estimate of drug-likeness (QED) is 0.601. The molecule has 1 aliphatic rings.